The summed E-state index contributed by atoms with van der Waals surface area (Å²) in [5, 5.41) is 11.6. The molecule has 0 saturated carbocycles. The van der Waals surface area contributed by atoms with E-state index < -0.39 is 35.2 Å². The second-order valence-electron chi connectivity index (χ2n) is 6.21. The van der Waals surface area contributed by atoms with Crippen LogP contribution in [0.25, 0.3) is 11.4 Å². The fourth-order valence-corrected chi connectivity index (χ4v) is 2.66. The third-order valence-electron chi connectivity index (χ3n) is 4.12. The molecule has 0 aliphatic carbocycles. The Labute approximate surface area is 167 Å². The summed E-state index contributed by atoms with van der Waals surface area (Å²) in [5.74, 6) is -2.35. The van der Waals surface area contributed by atoms with E-state index in [1.165, 1.54) is 0 Å². The van der Waals surface area contributed by atoms with Crippen molar-refractivity contribution >= 4 is 11.9 Å². The van der Waals surface area contributed by atoms with Crippen LogP contribution in [-0.2, 0) is 11.0 Å². The number of amides is 1. The molecule has 0 fully saturated rings. The predicted molar refractivity (Wildman–Crippen MR) is 99.6 cm³/mol. The van der Waals surface area contributed by atoms with Gasteiger partial charge in [0.2, 0.25) is 0 Å². The summed E-state index contributed by atoms with van der Waals surface area (Å²) in [5.41, 5.74) is -1.46. The van der Waals surface area contributed by atoms with Crippen molar-refractivity contribution < 1.29 is 27.9 Å². The van der Waals surface area contributed by atoms with E-state index in [0.717, 1.165) is 30.3 Å². The minimum Gasteiger partial charge on any atom is -0.479 e. The normalized spacial score (nSPS) is 12.2. The first-order valence-electron chi connectivity index (χ1n) is 8.53. The number of nitrogens with zero attached hydrogens (tertiary/aromatic N) is 1. The molecular weight excluding hydrogens is 403 g/mol. The van der Waals surface area contributed by atoms with Gasteiger partial charge in [0, 0.05) is 11.6 Å². The van der Waals surface area contributed by atoms with Gasteiger partial charge in [-0.05, 0) is 17.7 Å². The summed E-state index contributed by atoms with van der Waals surface area (Å²) in [6.07, 6.45) is -4.58. The number of carbonyl (C=O) groups excluding carboxylic acids is 1. The average Bonchev–Trinajstić information content (AvgIpc) is 2.71. The van der Waals surface area contributed by atoms with Crippen LogP contribution >= 0.6 is 0 Å². The number of halogens is 3. The Hall–Kier alpha value is -3.95. The zero-order valence-corrected chi connectivity index (χ0v) is 15.1. The van der Waals surface area contributed by atoms with Crippen LogP contribution in [0.3, 0.4) is 0 Å². The van der Waals surface area contributed by atoms with Crippen molar-refractivity contribution in [3.63, 3.8) is 0 Å². The maximum atomic E-state index is 12.7. The van der Waals surface area contributed by atoms with Gasteiger partial charge in [-0.25, -0.2) is 9.78 Å². The fourth-order valence-electron chi connectivity index (χ4n) is 2.66. The van der Waals surface area contributed by atoms with Crippen LogP contribution in [0.2, 0.25) is 0 Å². The standard InChI is InChI=1S/C20H14F3N3O4/c21-20(22,23)13-8-6-11(7-9-13)16(19(29)30)26-18(28)14-10-15(27)25-17(24-14)12-4-2-1-3-5-12/h1-10,16H,(H,26,28)(H,29,30)(H,24,25,27). The molecule has 0 aliphatic rings. The molecule has 1 aromatic heterocycles. The van der Waals surface area contributed by atoms with Crippen molar-refractivity contribution in [2.24, 2.45) is 0 Å². The van der Waals surface area contributed by atoms with Crippen LogP contribution in [0, 0.1) is 0 Å². The zero-order valence-electron chi connectivity index (χ0n) is 15.1. The van der Waals surface area contributed by atoms with Gasteiger partial charge in [0.15, 0.2) is 6.04 Å². The Kier molecular flexibility index (Phi) is 5.67. The van der Waals surface area contributed by atoms with Crippen molar-refractivity contribution in [1.82, 2.24) is 15.3 Å². The third-order valence-corrected chi connectivity index (χ3v) is 4.12. The lowest BCUT2D eigenvalue weighted by atomic mass is 10.0. The van der Waals surface area contributed by atoms with Gasteiger partial charge in [-0.1, -0.05) is 42.5 Å². The molecule has 3 rings (SSSR count). The quantitative estimate of drug-likeness (QED) is 0.591. The lowest BCUT2D eigenvalue weighted by Crippen LogP contribution is -2.35. The summed E-state index contributed by atoms with van der Waals surface area (Å²) in [6.45, 7) is 0. The maximum Gasteiger partial charge on any atom is 0.416 e. The molecule has 7 nitrogen and oxygen atoms in total. The number of alkyl halides is 3. The fraction of sp³-hybridized carbons (Fsp3) is 0.100. The van der Waals surface area contributed by atoms with Crippen molar-refractivity contribution in [3.8, 4) is 11.4 Å². The highest BCUT2D eigenvalue weighted by Gasteiger charge is 2.31. The van der Waals surface area contributed by atoms with Crippen molar-refractivity contribution in [2.75, 3.05) is 0 Å². The predicted octanol–water partition coefficient (Wildman–Crippen LogP) is 3.01. The van der Waals surface area contributed by atoms with Crippen molar-refractivity contribution in [3.05, 3.63) is 87.8 Å². The Bertz CT molecular complexity index is 1130. The molecule has 3 N–H and O–H groups in total. The second kappa shape index (κ2) is 8.19. The Morgan fingerprint density at radius 1 is 1.03 bits per heavy atom. The van der Waals surface area contributed by atoms with E-state index in [-0.39, 0.29) is 17.1 Å². The van der Waals surface area contributed by atoms with E-state index in [4.69, 9.17) is 0 Å². The van der Waals surface area contributed by atoms with E-state index >= 15 is 0 Å². The highest BCUT2D eigenvalue weighted by atomic mass is 19.4. The van der Waals surface area contributed by atoms with Crippen molar-refractivity contribution in [2.45, 2.75) is 12.2 Å². The van der Waals surface area contributed by atoms with Gasteiger partial charge < -0.3 is 15.4 Å². The van der Waals surface area contributed by atoms with Crippen LogP contribution in [0.5, 0.6) is 0 Å². The molecule has 154 valence electrons. The number of hydrogen-bond acceptors (Lipinski definition) is 4. The molecular formula is C20H14F3N3O4. The molecule has 1 amide bonds. The highest BCUT2D eigenvalue weighted by Crippen LogP contribution is 2.30. The molecule has 1 heterocycles. The molecule has 1 atom stereocenters. The average molecular weight is 417 g/mol. The molecule has 1 unspecified atom stereocenters. The van der Waals surface area contributed by atoms with Gasteiger partial charge in [0.05, 0.1) is 5.56 Å². The van der Waals surface area contributed by atoms with Crippen LogP contribution in [0.15, 0.2) is 65.5 Å². The molecule has 10 heteroatoms. The SMILES string of the molecule is O=C(NC(C(=O)O)c1ccc(C(F)(F)F)cc1)c1cc(=O)[nH]c(-c2ccccc2)n1. The zero-order chi connectivity index (χ0) is 21.9. The lowest BCUT2D eigenvalue weighted by molar-refractivity contribution is -0.139. The first kappa shape index (κ1) is 20.8. The molecule has 0 bridgehead atoms. The topological polar surface area (TPSA) is 112 Å². The Morgan fingerprint density at radius 3 is 2.23 bits per heavy atom. The second-order valence-corrected chi connectivity index (χ2v) is 6.21. The smallest absolute Gasteiger partial charge is 0.416 e. The molecule has 0 spiro atoms. The number of carboxylic acids is 1. The van der Waals surface area contributed by atoms with E-state index in [1.807, 2.05) is 0 Å². The van der Waals surface area contributed by atoms with E-state index in [2.05, 4.69) is 15.3 Å². The van der Waals surface area contributed by atoms with Gasteiger partial charge in [-0.2, -0.15) is 13.2 Å². The number of benzene rings is 2. The van der Waals surface area contributed by atoms with Gasteiger partial charge >= 0.3 is 12.1 Å². The van der Waals surface area contributed by atoms with Gasteiger partial charge in [0.25, 0.3) is 11.5 Å². The number of aromatic nitrogens is 2. The molecule has 30 heavy (non-hydrogen) atoms. The first-order chi connectivity index (χ1) is 14.1. The highest BCUT2D eigenvalue weighted by molar-refractivity contribution is 5.95. The summed E-state index contributed by atoms with van der Waals surface area (Å²) >= 11 is 0. The first-order valence-corrected chi connectivity index (χ1v) is 8.53. The molecule has 0 saturated heterocycles. The van der Waals surface area contributed by atoms with E-state index in [0.29, 0.717) is 5.56 Å². The van der Waals surface area contributed by atoms with Gasteiger partial charge in [-0.15, -0.1) is 0 Å². The van der Waals surface area contributed by atoms with Crippen LogP contribution in [-0.4, -0.2) is 27.0 Å². The summed E-state index contributed by atoms with van der Waals surface area (Å²) in [6, 6.07) is 11.1. The number of H-pyrrole nitrogens is 1. The summed E-state index contributed by atoms with van der Waals surface area (Å²) in [4.78, 5) is 42.5. The Balaban J connectivity index is 1.88. The van der Waals surface area contributed by atoms with Crippen LogP contribution in [0.1, 0.15) is 27.7 Å². The number of aromatic amines is 1. The maximum absolute atomic E-state index is 12.7. The number of nitrogens with one attached hydrogen (secondary N) is 2. The largest absolute Gasteiger partial charge is 0.479 e. The van der Waals surface area contributed by atoms with Crippen LogP contribution in [0.4, 0.5) is 13.2 Å². The van der Waals surface area contributed by atoms with Crippen molar-refractivity contribution in [1.29, 1.82) is 0 Å². The van der Waals surface area contributed by atoms with Gasteiger partial charge in [0.1, 0.15) is 11.5 Å². The Morgan fingerprint density at radius 2 is 1.67 bits per heavy atom. The molecule has 0 radical (unpaired) electrons. The molecule has 2 aromatic carbocycles. The minimum atomic E-state index is -4.58. The minimum absolute atomic E-state index is 0.0722. The lowest BCUT2D eigenvalue weighted by Gasteiger charge is -2.16. The van der Waals surface area contributed by atoms with Crippen LogP contribution < -0.4 is 10.9 Å². The number of hydrogen-bond donors (Lipinski definition) is 3. The monoisotopic (exact) mass is 417 g/mol. The van der Waals surface area contributed by atoms with E-state index in [9.17, 15) is 32.7 Å². The molecule has 0 aliphatic heterocycles. The number of aliphatic carboxylic acids is 1. The summed E-state index contributed by atoms with van der Waals surface area (Å²) in [7, 11) is 0. The van der Waals surface area contributed by atoms with E-state index in [1.54, 1.807) is 30.3 Å². The number of carbonyl (C=O) groups is 2. The number of carboxylic acid groups (broad SMARTS) is 1. The summed E-state index contributed by atoms with van der Waals surface area (Å²) < 4.78 is 38.1. The van der Waals surface area contributed by atoms with Gasteiger partial charge in [-0.3, -0.25) is 9.59 Å². The number of rotatable bonds is 5. The third kappa shape index (κ3) is 4.72. The molecule has 3 aromatic rings.